The lowest BCUT2D eigenvalue weighted by Crippen LogP contribution is -2.20. The number of anilines is 2. The quantitative estimate of drug-likeness (QED) is 0.729. The first-order chi connectivity index (χ1) is 13.2. The highest BCUT2D eigenvalue weighted by Crippen LogP contribution is 2.21. The van der Waals surface area contributed by atoms with Crippen molar-refractivity contribution >= 4 is 29.0 Å². The zero-order chi connectivity index (χ0) is 18.6. The molecule has 27 heavy (non-hydrogen) atoms. The molecule has 1 saturated heterocycles. The molecule has 4 rings (SSSR count). The molecule has 6 nitrogen and oxygen atoms in total. The molecule has 0 spiro atoms. The van der Waals surface area contributed by atoms with Gasteiger partial charge in [0.1, 0.15) is 11.5 Å². The van der Waals surface area contributed by atoms with Crippen LogP contribution >= 0.6 is 11.6 Å². The van der Waals surface area contributed by atoms with Gasteiger partial charge in [-0.2, -0.15) is 5.10 Å². The lowest BCUT2D eigenvalue weighted by Gasteiger charge is -2.17. The number of pyridine rings is 1. The summed E-state index contributed by atoms with van der Waals surface area (Å²) in [5.74, 6) is 0.386. The van der Waals surface area contributed by atoms with Crippen molar-refractivity contribution < 1.29 is 4.79 Å². The van der Waals surface area contributed by atoms with Gasteiger partial charge in [-0.25, -0.2) is 4.68 Å². The maximum absolute atomic E-state index is 12.7. The van der Waals surface area contributed by atoms with Crippen molar-refractivity contribution in [2.45, 2.75) is 19.4 Å². The van der Waals surface area contributed by atoms with E-state index < -0.39 is 0 Å². The third-order valence-corrected chi connectivity index (χ3v) is 4.90. The molecule has 0 saturated carbocycles. The van der Waals surface area contributed by atoms with Gasteiger partial charge >= 0.3 is 0 Å². The lowest BCUT2D eigenvalue weighted by atomic mass is 10.2. The number of nitrogens with zero attached hydrogens (tertiary/aromatic N) is 4. The van der Waals surface area contributed by atoms with E-state index in [0.29, 0.717) is 23.1 Å². The topological polar surface area (TPSA) is 63.1 Å². The van der Waals surface area contributed by atoms with Crippen molar-refractivity contribution in [3.63, 3.8) is 0 Å². The van der Waals surface area contributed by atoms with Crippen LogP contribution in [0.4, 0.5) is 11.5 Å². The Hall–Kier alpha value is -2.86. The highest BCUT2D eigenvalue weighted by Gasteiger charge is 2.16. The van der Waals surface area contributed by atoms with Gasteiger partial charge in [0.05, 0.1) is 12.7 Å². The van der Waals surface area contributed by atoms with Gasteiger partial charge in [-0.15, -0.1) is 0 Å². The van der Waals surface area contributed by atoms with Crippen LogP contribution in [0.1, 0.15) is 28.9 Å². The number of hydrogen-bond acceptors (Lipinski definition) is 4. The van der Waals surface area contributed by atoms with E-state index in [0.717, 1.165) is 24.3 Å². The van der Waals surface area contributed by atoms with Gasteiger partial charge in [0.25, 0.3) is 5.91 Å². The summed E-state index contributed by atoms with van der Waals surface area (Å²) in [4.78, 5) is 19.2. The van der Waals surface area contributed by atoms with E-state index in [2.05, 4.69) is 20.3 Å². The van der Waals surface area contributed by atoms with Crippen molar-refractivity contribution in [3.8, 4) is 0 Å². The fraction of sp³-hybridized carbons (Fsp3) is 0.250. The highest BCUT2D eigenvalue weighted by molar-refractivity contribution is 6.30. The van der Waals surface area contributed by atoms with Crippen molar-refractivity contribution in [2.75, 3.05) is 23.3 Å². The third kappa shape index (κ3) is 4.11. The molecule has 1 aliphatic rings. The number of benzene rings is 1. The smallest absolute Gasteiger partial charge is 0.275 e. The Morgan fingerprint density at radius 3 is 2.63 bits per heavy atom. The van der Waals surface area contributed by atoms with E-state index in [1.54, 1.807) is 23.1 Å². The summed E-state index contributed by atoms with van der Waals surface area (Å²) in [6.07, 6.45) is 5.73. The molecule has 0 unspecified atom stereocenters. The average molecular weight is 382 g/mol. The largest absolute Gasteiger partial charge is 0.371 e. The van der Waals surface area contributed by atoms with Gasteiger partial charge in [0, 0.05) is 36.1 Å². The molecule has 3 heterocycles. The number of halogens is 1. The van der Waals surface area contributed by atoms with Crippen molar-refractivity contribution in [2.24, 2.45) is 0 Å². The summed E-state index contributed by atoms with van der Waals surface area (Å²) in [6, 6.07) is 13.1. The molecule has 1 aliphatic heterocycles. The van der Waals surface area contributed by atoms with E-state index >= 15 is 0 Å². The van der Waals surface area contributed by atoms with E-state index in [9.17, 15) is 4.79 Å². The molecule has 1 amide bonds. The number of carbonyl (C=O) groups excluding carboxylic acids is 1. The minimum atomic E-state index is -0.242. The first kappa shape index (κ1) is 17.5. The SMILES string of the molecule is O=C(Nc1ccnn1Cc1ccc(Cl)cc1)c1cc(N2CCCC2)ccn1. The standard InChI is InChI=1S/C20H20ClN5O/c21-16-5-3-15(4-6-16)14-26-19(8-10-23-26)24-20(27)18-13-17(7-9-22-18)25-11-1-2-12-25/h3-10,13H,1-2,11-12,14H2,(H,24,27). The van der Waals surface area contributed by atoms with E-state index in [1.165, 1.54) is 12.8 Å². The van der Waals surface area contributed by atoms with Crippen molar-refractivity contribution in [1.29, 1.82) is 0 Å². The van der Waals surface area contributed by atoms with Crippen molar-refractivity contribution in [1.82, 2.24) is 14.8 Å². The fourth-order valence-corrected chi connectivity index (χ4v) is 3.35. The van der Waals surface area contributed by atoms with Crippen LogP contribution in [0.3, 0.4) is 0 Å². The van der Waals surface area contributed by atoms with Gasteiger partial charge in [-0.3, -0.25) is 9.78 Å². The first-order valence-electron chi connectivity index (χ1n) is 8.98. The maximum Gasteiger partial charge on any atom is 0.275 e. The maximum atomic E-state index is 12.7. The monoisotopic (exact) mass is 381 g/mol. The normalized spacial score (nSPS) is 13.7. The number of nitrogens with one attached hydrogen (secondary N) is 1. The predicted octanol–water partition coefficient (Wildman–Crippen LogP) is 3.83. The molecule has 7 heteroatoms. The second kappa shape index (κ2) is 7.80. The van der Waals surface area contributed by atoms with Crippen LogP contribution in [-0.2, 0) is 6.54 Å². The fourth-order valence-electron chi connectivity index (χ4n) is 3.22. The number of amides is 1. The van der Waals surface area contributed by atoms with Crippen LogP contribution in [0.5, 0.6) is 0 Å². The van der Waals surface area contributed by atoms with Gasteiger partial charge in [-0.1, -0.05) is 23.7 Å². The minimum Gasteiger partial charge on any atom is -0.371 e. The number of rotatable bonds is 5. The Morgan fingerprint density at radius 2 is 1.85 bits per heavy atom. The van der Waals surface area contributed by atoms with E-state index in [1.807, 2.05) is 36.4 Å². The van der Waals surface area contributed by atoms with Gasteiger partial charge in [0.2, 0.25) is 0 Å². The predicted molar refractivity (Wildman–Crippen MR) is 106 cm³/mol. The number of aromatic nitrogens is 3. The minimum absolute atomic E-state index is 0.242. The molecule has 1 fully saturated rings. The molecule has 0 atom stereocenters. The Balaban J connectivity index is 1.48. The molecule has 2 aromatic heterocycles. The molecular formula is C20H20ClN5O. The average Bonchev–Trinajstić information content (AvgIpc) is 3.36. The first-order valence-corrected chi connectivity index (χ1v) is 9.35. The molecule has 1 N–H and O–H groups in total. The van der Waals surface area contributed by atoms with Crippen LogP contribution in [0.25, 0.3) is 0 Å². The van der Waals surface area contributed by atoms with Crippen molar-refractivity contribution in [3.05, 3.63) is 71.1 Å². The molecular weight excluding hydrogens is 362 g/mol. The second-order valence-corrected chi connectivity index (χ2v) is 6.98. The highest BCUT2D eigenvalue weighted by atomic mass is 35.5. The van der Waals surface area contributed by atoms with Gasteiger partial charge < -0.3 is 10.2 Å². The Morgan fingerprint density at radius 1 is 1.07 bits per heavy atom. The number of carbonyl (C=O) groups is 1. The summed E-state index contributed by atoms with van der Waals surface area (Å²) in [5, 5.41) is 7.90. The molecule has 1 aromatic carbocycles. The lowest BCUT2D eigenvalue weighted by molar-refractivity contribution is 0.102. The summed E-state index contributed by atoms with van der Waals surface area (Å²) in [7, 11) is 0. The van der Waals surface area contributed by atoms with Gasteiger partial charge in [-0.05, 0) is 42.7 Å². The zero-order valence-electron chi connectivity index (χ0n) is 14.8. The summed E-state index contributed by atoms with van der Waals surface area (Å²) in [6.45, 7) is 2.60. The Kier molecular flexibility index (Phi) is 5.07. The third-order valence-electron chi connectivity index (χ3n) is 4.65. The zero-order valence-corrected chi connectivity index (χ0v) is 15.6. The molecule has 0 bridgehead atoms. The summed E-state index contributed by atoms with van der Waals surface area (Å²) >= 11 is 5.93. The molecule has 0 radical (unpaired) electrons. The Labute approximate surface area is 162 Å². The summed E-state index contributed by atoms with van der Waals surface area (Å²) in [5.41, 5.74) is 2.49. The second-order valence-electron chi connectivity index (χ2n) is 6.55. The van der Waals surface area contributed by atoms with E-state index in [4.69, 9.17) is 11.6 Å². The van der Waals surface area contributed by atoms with E-state index in [-0.39, 0.29) is 5.91 Å². The van der Waals surface area contributed by atoms with Crippen LogP contribution in [0.2, 0.25) is 5.02 Å². The Bertz CT molecular complexity index is 932. The molecule has 0 aliphatic carbocycles. The van der Waals surface area contributed by atoms with Crippen LogP contribution in [0, 0.1) is 0 Å². The summed E-state index contributed by atoms with van der Waals surface area (Å²) < 4.78 is 1.74. The molecule has 138 valence electrons. The van der Waals surface area contributed by atoms with Crippen LogP contribution in [0.15, 0.2) is 54.9 Å². The van der Waals surface area contributed by atoms with Crippen LogP contribution in [-0.4, -0.2) is 33.8 Å². The molecule has 3 aromatic rings. The number of hydrogen-bond donors (Lipinski definition) is 1. The van der Waals surface area contributed by atoms with Gasteiger partial charge in [0.15, 0.2) is 0 Å². The van der Waals surface area contributed by atoms with Crippen LogP contribution < -0.4 is 10.2 Å².